The summed E-state index contributed by atoms with van der Waals surface area (Å²) in [7, 11) is 0. The number of amides is 1. The van der Waals surface area contributed by atoms with Gasteiger partial charge in [0, 0.05) is 17.6 Å². The lowest BCUT2D eigenvalue weighted by Crippen LogP contribution is -2.19. The molecule has 1 amide bonds. The minimum absolute atomic E-state index is 0.130. The third-order valence-electron chi connectivity index (χ3n) is 3.99. The maximum absolute atomic E-state index is 12.4. The number of hydrogen-bond donors (Lipinski definition) is 1. The molecule has 0 aliphatic heterocycles. The number of ether oxygens (including phenoxy) is 1. The number of halogens is 3. The van der Waals surface area contributed by atoms with Crippen LogP contribution in [0.25, 0.3) is 5.82 Å². The van der Waals surface area contributed by atoms with Crippen molar-refractivity contribution in [3.63, 3.8) is 0 Å². The first kappa shape index (κ1) is 20.9. The van der Waals surface area contributed by atoms with Crippen LogP contribution < -0.4 is 10.1 Å². The number of aryl methyl sites for hydroxylation is 2. The number of carbonyl (C=O) groups excluding carboxylic acids is 1. The Kier molecular flexibility index (Phi) is 5.73. The Balaban J connectivity index is 1.72. The third-order valence-corrected chi connectivity index (χ3v) is 3.99. The van der Waals surface area contributed by atoms with Crippen molar-refractivity contribution in [3.05, 3.63) is 65.1 Å². The minimum Gasteiger partial charge on any atom is -0.483 e. The van der Waals surface area contributed by atoms with Crippen molar-refractivity contribution in [3.8, 4) is 17.6 Å². The average Bonchev–Trinajstić information content (AvgIpc) is 3.04. The Morgan fingerprint density at radius 3 is 2.57 bits per heavy atom. The van der Waals surface area contributed by atoms with Gasteiger partial charge in [-0.25, -0.2) is 9.67 Å². The van der Waals surface area contributed by atoms with Gasteiger partial charge in [-0.2, -0.15) is 23.5 Å². The molecule has 0 atom stereocenters. The Morgan fingerprint density at radius 2 is 2.00 bits per heavy atom. The molecule has 2 heterocycles. The molecule has 7 nitrogen and oxygen atoms in total. The van der Waals surface area contributed by atoms with Crippen LogP contribution in [0.4, 0.5) is 18.9 Å². The second-order valence-corrected chi connectivity index (χ2v) is 6.42. The molecule has 0 saturated carbocycles. The van der Waals surface area contributed by atoms with E-state index < -0.39 is 18.7 Å². The molecule has 30 heavy (non-hydrogen) atoms. The summed E-state index contributed by atoms with van der Waals surface area (Å²) in [6.45, 7) is 2.23. The number of nitrogens with zero attached hydrogens (tertiary/aromatic N) is 4. The predicted octanol–water partition coefficient (Wildman–Crippen LogP) is 3.95. The average molecular weight is 415 g/mol. The van der Waals surface area contributed by atoms with Gasteiger partial charge in [-0.05, 0) is 50.2 Å². The molecule has 154 valence electrons. The smallest absolute Gasteiger partial charge is 0.422 e. The van der Waals surface area contributed by atoms with Gasteiger partial charge in [-0.15, -0.1) is 0 Å². The van der Waals surface area contributed by atoms with E-state index in [0.717, 1.165) is 11.4 Å². The van der Waals surface area contributed by atoms with Gasteiger partial charge in [0.1, 0.15) is 11.8 Å². The van der Waals surface area contributed by atoms with Crippen LogP contribution >= 0.6 is 0 Å². The van der Waals surface area contributed by atoms with Crippen molar-refractivity contribution < 1.29 is 22.7 Å². The topological polar surface area (TPSA) is 92.8 Å². The van der Waals surface area contributed by atoms with Gasteiger partial charge in [0.05, 0.1) is 16.8 Å². The molecule has 0 aliphatic rings. The number of aromatic nitrogens is 3. The summed E-state index contributed by atoms with van der Waals surface area (Å²) in [5.41, 5.74) is 2.10. The Labute approximate surface area is 169 Å². The largest absolute Gasteiger partial charge is 0.483 e. The summed E-state index contributed by atoms with van der Waals surface area (Å²) < 4.78 is 43.2. The van der Waals surface area contributed by atoms with Crippen LogP contribution in [0.5, 0.6) is 5.75 Å². The maximum atomic E-state index is 12.4. The van der Waals surface area contributed by atoms with Gasteiger partial charge in [-0.1, -0.05) is 0 Å². The van der Waals surface area contributed by atoms with Gasteiger partial charge < -0.3 is 10.1 Å². The lowest BCUT2D eigenvalue weighted by Gasteiger charge is -2.12. The predicted molar refractivity (Wildman–Crippen MR) is 101 cm³/mol. The standard InChI is InChI=1S/C20H16F3N5O2/c1-12-7-13(2)28(27-12)18-6-3-14(10-25-18)19(29)26-16-4-5-17(15(8-16)9-24)30-11-20(21,22)23/h3-8,10H,11H2,1-2H3,(H,26,29). The lowest BCUT2D eigenvalue weighted by atomic mass is 10.2. The molecule has 2 aromatic heterocycles. The number of nitrogens with one attached hydrogen (secondary N) is 1. The highest BCUT2D eigenvalue weighted by Crippen LogP contribution is 2.25. The fourth-order valence-electron chi connectivity index (χ4n) is 2.69. The van der Waals surface area contributed by atoms with E-state index in [1.165, 1.54) is 24.4 Å². The van der Waals surface area contributed by atoms with Crippen LogP contribution in [-0.2, 0) is 0 Å². The van der Waals surface area contributed by atoms with E-state index >= 15 is 0 Å². The summed E-state index contributed by atoms with van der Waals surface area (Å²) >= 11 is 0. The molecule has 0 spiro atoms. The first-order valence-corrected chi connectivity index (χ1v) is 8.71. The van der Waals surface area contributed by atoms with E-state index in [9.17, 15) is 18.0 Å². The number of alkyl halides is 3. The number of rotatable bonds is 5. The fourth-order valence-corrected chi connectivity index (χ4v) is 2.69. The molecule has 0 radical (unpaired) electrons. The number of nitriles is 1. The second-order valence-electron chi connectivity index (χ2n) is 6.42. The number of benzene rings is 1. The first-order chi connectivity index (χ1) is 14.2. The molecular weight excluding hydrogens is 399 g/mol. The van der Waals surface area contributed by atoms with Crippen molar-refractivity contribution in [2.24, 2.45) is 0 Å². The highest BCUT2D eigenvalue weighted by atomic mass is 19.4. The molecule has 3 rings (SSSR count). The van der Waals surface area contributed by atoms with Gasteiger partial charge in [0.15, 0.2) is 12.4 Å². The summed E-state index contributed by atoms with van der Waals surface area (Å²) in [5.74, 6) is -0.158. The van der Waals surface area contributed by atoms with E-state index in [2.05, 4.69) is 20.1 Å². The molecule has 1 N–H and O–H groups in total. The molecule has 0 fully saturated rings. The number of hydrogen-bond acceptors (Lipinski definition) is 5. The molecule has 1 aromatic carbocycles. The minimum atomic E-state index is -4.52. The molecule has 0 aliphatic carbocycles. The number of carbonyl (C=O) groups is 1. The SMILES string of the molecule is Cc1cc(C)n(-c2ccc(C(=O)Nc3ccc(OCC(F)(F)F)c(C#N)c3)cn2)n1. The zero-order chi connectivity index (χ0) is 21.9. The van der Waals surface area contributed by atoms with Crippen LogP contribution in [0.1, 0.15) is 27.3 Å². The molecule has 3 aromatic rings. The van der Waals surface area contributed by atoms with E-state index in [1.807, 2.05) is 19.9 Å². The summed E-state index contributed by atoms with van der Waals surface area (Å²) in [4.78, 5) is 16.7. The quantitative estimate of drug-likeness (QED) is 0.681. The highest BCUT2D eigenvalue weighted by molar-refractivity contribution is 6.04. The second kappa shape index (κ2) is 8.24. The van der Waals surface area contributed by atoms with Gasteiger partial charge in [0.2, 0.25) is 0 Å². The van der Waals surface area contributed by atoms with E-state index in [0.29, 0.717) is 5.82 Å². The van der Waals surface area contributed by atoms with Gasteiger partial charge in [-0.3, -0.25) is 4.79 Å². The molecule has 0 bridgehead atoms. The van der Waals surface area contributed by atoms with Crippen LogP contribution in [0.15, 0.2) is 42.6 Å². The third kappa shape index (κ3) is 4.94. The van der Waals surface area contributed by atoms with Crippen LogP contribution in [0.3, 0.4) is 0 Å². The van der Waals surface area contributed by atoms with E-state index in [-0.39, 0.29) is 22.6 Å². The highest BCUT2D eigenvalue weighted by Gasteiger charge is 2.28. The maximum Gasteiger partial charge on any atom is 0.422 e. The first-order valence-electron chi connectivity index (χ1n) is 8.71. The van der Waals surface area contributed by atoms with Crippen molar-refractivity contribution in [1.29, 1.82) is 5.26 Å². The Morgan fingerprint density at radius 1 is 1.23 bits per heavy atom. The molecule has 0 unspecified atom stereocenters. The van der Waals surface area contributed by atoms with Crippen molar-refractivity contribution >= 4 is 11.6 Å². The molecule has 0 saturated heterocycles. The Bertz CT molecular complexity index is 1110. The summed E-state index contributed by atoms with van der Waals surface area (Å²) in [5, 5.41) is 16.0. The lowest BCUT2D eigenvalue weighted by molar-refractivity contribution is -0.153. The van der Waals surface area contributed by atoms with Gasteiger partial charge >= 0.3 is 6.18 Å². The zero-order valence-electron chi connectivity index (χ0n) is 16.0. The summed E-state index contributed by atoms with van der Waals surface area (Å²) in [6, 6.07) is 10.6. The van der Waals surface area contributed by atoms with Crippen molar-refractivity contribution in [2.75, 3.05) is 11.9 Å². The van der Waals surface area contributed by atoms with E-state index in [4.69, 9.17) is 5.26 Å². The normalized spacial score (nSPS) is 11.1. The summed E-state index contributed by atoms with van der Waals surface area (Å²) in [6.07, 6.45) is -3.14. The molecule has 10 heteroatoms. The number of anilines is 1. The van der Waals surface area contributed by atoms with Crippen LogP contribution in [0, 0.1) is 25.2 Å². The zero-order valence-corrected chi connectivity index (χ0v) is 16.0. The van der Waals surface area contributed by atoms with Gasteiger partial charge in [0.25, 0.3) is 5.91 Å². The van der Waals surface area contributed by atoms with E-state index in [1.54, 1.807) is 22.9 Å². The van der Waals surface area contributed by atoms with Crippen molar-refractivity contribution in [2.45, 2.75) is 20.0 Å². The van der Waals surface area contributed by atoms with Crippen molar-refractivity contribution in [1.82, 2.24) is 14.8 Å². The monoisotopic (exact) mass is 415 g/mol. The number of pyridine rings is 1. The Hall–Kier alpha value is -3.87. The van der Waals surface area contributed by atoms with Crippen LogP contribution in [-0.4, -0.2) is 33.5 Å². The molecular formula is C20H16F3N5O2. The fraction of sp³-hybridized carbons (Fsp3) is 0.200. The van der Waals surface area contributed by atoms with Crippen LogP contribution in [0.2, 0.25) is 0 Å².